The molecule has 2 rings (SSSR count). The van der Waals surface area contributed by atoms with Crippen LogP contribution in [-0.4, -0.2) is 23.6 Å². The molecule has 2 aromatic rings. The van der Waals surface area contributed by atoms with Crippen LogP contribution in [-0.2, 0) is 9.59 Å². The number of rotatable bonds is 4. The molecule has 0 aliphatic rings. The average Bonchev–Trinajstić information content (AvgIpc) is 2.58. The van der Waals surface area contributed by atoms with Crippen LogP contribution in [0.15, 0.2) is 46.9 Å². The molecule has 4 amide bonds. The first-order valence-corrected chi connectivity index (χ1v) is 8.60. The predicted molar refractivity (Wildman–Crippen MR) is 104 cm³/mol. The molecule has 0 unspecified atom stereocenters. The lowest BCUT2D eigenvalue weighted by molar-refractivity contribution is -0.115. The number of amides is 4. The number of hydrogen-bond donors (Lipinski definition) is 4. The lowest BCUT2D eigenvalue weighted by atomic mass is 10.1. The van der Waals surface area contributed by atoms with Crippen LogP contribution in [0.25, 0.3) is 0 Å². The summed E-state index contributed by atoms with van der Waals surface area (Å²) in [7, 11) is 0. The third-order valence-electron chi connectivity index (χ3n) is 3.23. The van der Waals surface area contributed by atoms with Gasteiger partial charge < -0.3 is 10.6 Å². The number of carbonyl (C=O) groups is 4. The molecular weight excluding hydrogens is 416 g/mol. The quantitative estimate of drug-likeness (QED) is 0.555. The maximum Gasteiger partial charge on any atom is 0.269 e. The van der Waals surface area contributed by atoms with Gasteiger partial charge in [-0.05, 0) is 42.5 Å². The van der Waals surface area contributed by atoms with Gasteiger partial charge in [0.05, 0.1) is 0 Å². The Morgan fingerprint density at radius 1 is 0.704 bits per heavy atom. The van der Waals surface area contributed by atoms with Crippen LogP contribution in [0.4, 0.5) is 11.4 Å². The normalized spacial score (nSPS) is 9.89. The van der Waals surface area contributed by atoms with Gasteiger partial charge in [-0.15, -0.1) is 0 Å². The van der Waals surface area contributed by atoms with Gasteiger partial charge in [-0.1, -0.05) is 15.9 Å². The van der Waals surface area contributed by atoms with Gasteiger partial charge in [0.25, 0.3) is 11.8 Å². The Kier molecular flexibility index (Phi) is 6.67. The van der Waals surface area contributed by atoms with Crippen molar-refractivity contribution in [3.63, 3.8) is 0 Å². The summed E-state index contributed by atoms with van der Waals surface area (Å²) < 4.78 is 0.823. The molecule has 0 aromatic heterocycles. The van der Waals surface area contributed by atoms with Gasteiger partial charge in [0.1, 0.15) is 0 Å². The van der Waals surface area contributed by atoms with Crippen LogP contribution in [0.5, 0.6) is 0 Å². The zero-order chi connectivity index (χ0) is 20.0. The Labute approximate surface area is 163 Å². The molecule has 0 bridgehead atoms. The molecule has 0 atom stereocenters. The maximum atomic E-state index is 12.4. The maximum absolute atomic E-state index is 12.4. The summed E-state index contributed by atoms with van der Waals surface area (Å²) in [6.45, 7) is 2.65. The Morgan fingerprint density at radius 3 is 1.59 bits per heavy atom. The van der Waals surface area contributed by atoms with Crippen molar-refractivity contribution in [2.24, 2.45) is 0 Å². The van der Waals surface area contributed by atoms with Crippen molar-refractivity contribution in [3.8, 4) is 0 Å². The van der Waals surface area contributed by atoms with Crippen LogP contribution >= 0.6 is 15.9 Å². The van der Waals surface area contributed by atoms with Gasteiger partial charge in [-0.3, -0.25) is 30.0 Å². The number of hydrazine groups is 1. The second-order valence-electron chi connectivity index (χ2n) is 5.58. The lowest BCUT2D eigenvalue weighted by Gasteiger charge is -2.12. The molecule has 0 fully saturated rings. The Hall–Kier alpha value is -3.20. The summed E-state index contributed by atoms with van der Waals surface area (Å²) in [5, 5.41) is 5.10. The van der Waals surface area contributed by atoms with Crippen LogP contribution in [0.3, 0.4) is 0 Å². The molecule has 0 spiro atoms. The van der Waals surface area contributed by atoms with Crippen LogP contribution in [0.1, 0.15) is 34.6 Å². The molecular formula is C18H17BrN4O4. The van der Waals surface area contributed by atoms with E-state index in [4.69, 9.17) is 0 Å². The largest absolute Gasteiger partial charge is 0.326 e. The van der Waals surface area contributed by atoms with Crippen molar-refractivity contribution in [3.05, 3.63) is 58.1 Å². The fourth-order valence-electron chi connectivity index (χ4n) is 2.17. The van der Waals surface area contributed by atoms with Crippen molar-refractivity contribution in [2.45, 2.75) is 13.8 Å². The Balaban J connectivity index is 2.13. The zero-order valence-corrected chi connectivity index (χ0v) is 16.1. The summed E-state index contributed by atoms with van der Waals surface area (Å²) in [6, 6.07) is 11.0. The van der Waals surface area contributed by atoms with E-state index >= 15 is 0 Å². The van der Waals surface area contributed by atoms with Gasteiger partial charge in [-0.2, -0.15) is 0 Å². The van der Waals surface area contributed by atoms with Gasteiger partial charge in [-0.25, -0.2) is 0 Å². The van der Waals surface area contributed by atoms with E-state index in [1.807, 2.05) is 0 Å². The predicted octanol–water partition coefficient (Wildman–Crippen LogP) is 2.44. The third-order valence-corrected chi connectivity index (χ3v) is 3.76. The molecule has 27 heavy (non-hydrogen) atoms. The standard InChI is InChI=1S/C18H17BrN4O4/c1-10(24)20-15-7-13(8-16(9-15)21-11(2)25)18(27)23-22-17(26)12-3-5-14(19)6-4-12/h3-9H,1-2H3,(H,20,24)(H,21,25)(H,22,26)(H,23,27). The zero-order valence-electron chi connectivity index (χ0n) is 14.6. The highest BCUT2D eigenvalue weighted by molar-refractivity contribution is 9.10. The molecule has 0 saturated carbocycles. The fraction of sp³-hybridized carbons (Fsp3) is 0.111. The molecule has 2 aromatic carbocycles. The first kappa shape index (κ1) is 20.1. The second kappa shape index (κ2) is 8.95. The van der Waals surface area contributed by atoms with E-state index in [1.54, 1.807) is 24.3 Å². The van der Waals surface area contributed by atoms with Gasteiger partial charge in [0, 0.05) is 40.8 Å². The van der Waals surface area contributed by atoms with Gasteiger partial charge in [0.15, 0.2) is 0 Å². The van der Waals surface area contributed by atoms with Crippen LogP contribution in [0, 0.1) is 0 Å². The Bertz CT molecular complexity index is 862. The highest BCUT2D eigenvalue weighted by Gasteiger charge is 2.12. The van der Waals surface area contributed by atoms with Gasteiger partial charge in [0.2, 0.25) is 11.8 Å². The summed E-state index contributed by atoms with van der Waals surface area (Å²) in [6.07, 6.45) is 0. The first-order chi connectivity index (χ1) is 12.7. The highest BCUT2D eigenvalue weighted by Crippen LogP contribution is 2.19. The summed E-state index contributed by atoms with van der Waals surface area (Å²) in [5.41, 5.74) is 5.77. The van der Waals surface area contributed by atoms with Gasteiger partial charge >= 0.3 is 0 Å². The van der Waals surface area contributed by atoms with Crippen molar-refractivity contribution >= 4 is 50.9 Å². The van der Waals surface area contributed by atoms with E-state index in [1.165, 1.54) is 32.0 Å². The number of benzene rings is 2. The monoisotopic (exact) mass is 432 g/mol. The van der Waals surface area contributed by atoms with Crippen molar-refractivity contribution in [1.29, 1.82) is 0 Å². The fourth-order valence-corrected chi connectivity index (χ4v) is 2.43. The van der Waals surface area contributed by atoms with E-state index < -0.39 is 11.8 Å². The molecule has 0 aliphatic carbocycles. The summed E-state index contributed by atoms with van der Waals surface area (Å²) >= 11 is 3.27. The molecule has 0 saturated heterocycles. The summed E-state index contributed by atoms with van der Waals surface area (Å²) in [4.78, 5) is 46.9. The Morgan fingerprint density at radius 2 is 1.15 bits per heavy atom. The molecule has 8 nitrogen and oxygen atoms in total. The minimum Gasteiger partial charge on any atom is -0.326 e. The number of hydrogen-bond acceptors (Lipinski definition) is 4. The molecule has 9 heteroatoms. The minimum absolute atomic E-state index is 0.140. The highest BCUT2D eigenvalue weighted by atomic mass is 79.9. The second-order valence-corrected chi connectivity index (χ2v) is 6.49. The van der Waals surface area contributed by atoms with Crippen molar-refractivity contribution in [2.75, 3.05) is 10.6 Å². The van der Waals surface area contributed by atoms with Crippen molar-refractivity contribution < 1.29 is 19.2 Å². The van der Waals surface area contributed by atoms with E-state index in [0.29, 0.717) is 16.9 Å². The SMILES string of the molecule is CC(=O)Nc1cc(NC(C)=O)cc(C(=O)NNC(=O)c2ccc(Br)cc2)c1. The molecule has 0 heterocycles. The van der Waals surface area contributed by atoms with Crippen molar-refractivity contribution in [1.82, 2.24) is 10.9 Å². The average molecular weight is 433 g/mol. The lowest BCUT2D eigenvalue weighted by Crippen LogP contribution is -2.41. The third kappa shape index (κ3) is 6.23. The van der Waals surface area contributed by atoms with E-state index in [-0.39, 0.29) is 17.4 Å². The number of nitrogens with one attached hydrogen (secondary N) is 4. The van der Waals surface area contributed by atoms with E-state index in [9.17, 15) is 19.2 Å². The van der Waals surface area contributed by atoms with E-state index in [2.05, 4.69) is 37.4 Å². The number of carbonyl (C=O) groups excluding carboxylic acids is 4. The van der Waals surface area contributed by atoms with Crippen LogP contribution < -0.4 is 21.5 Å². The summed E-state index contributed by atoms with van der Waals surface area (Å²) in [5.74, 6) is -1.76. The molecule has 4 N–H and O–H groups in total. The van der Waals surface area contributed by atoms with Crippen LogP contribution in [0.2, 0.25) is 0 Å². The smallest absolute Gasteiger partial charge is 0.269 e. The molecule has 0 aliphatic heterocycles. The van der Waals surface area contributed by atoms with E-state index in [0.717, 1.165) is 4.47 Å². The first-order valence-electron chi connectivity index (χ1n) is 7.81. The molecule has 0 radical (unpaired) electrons. The number of anilines is 2. The number of halogens is 1. The minimum atomic E-state index is -0.612. The topological polar surface area (TPSA) is 116 Å². The molecule has 140 valence electrons.